The van der Waals surface area contributed by atoms with E-state index in [0.717, 1.165) is 6.42 Å². The molecule has 1 heterocycles. The maximum Gasteiger partial charge on any atom is 0.228 e. The average molecular weight is 181 g/mol. The van der Waals surface area contributed by atoms with Crippen molar-refractivity contribution in [3.63, 3.8) is 0 Å². The molecule has 0 aliphatic carbocycles. The lowest BCUT2D eigenvalue weighted by Gasteiger charge is -2.20. The van der Waals surface area contributed by atoms with E-state index in [1.54, 1.807) is 7.11 Å². The van der Waals surface area contributed by atoms with Gasteiger partial charge in [0.15, 0.2) is 0 Å². The molecule has 1 unspecified atom stereocenters. The van der Waals surface area contributed by atoms with Gasteiger partial charge < -0.3 is 12.2 Å². The molecular formula is C5H12NO2PS. The average Bonchev–Trinajstić information content (AvgIpc) is 2.33. The summed E-state index contributed by atoms with van der Waals surface area (Å²) < 4.78 is 10.3. The summed E-state index contributed by atoms with van der Waals surface area (Å²) in [4.78, 5) is 0. The van der Waals surface area contributed by atoms with Crippen LogP contribution in [0.5, 0.6) is 0 Å². The molecular weight excluding hydrogens is 169 g/mol. The zero-order valence-corrected chi connectivity index (χ0v) is 7.87. The van der Waals surface area contributed by atoms with E-state index < -0.39 is 7.07 Å². The van der Waals surface area contributed by atoms with Crippen LogP contribution < -0.4 is 5.09 Å². The maximum absolute atomic E-state index is 5.29. The molecule has 0 spiro atoms. The van der Waals surface area contributed by atoms with Crippen LogP contribution in [0.15, 0.2) is 0 Å². The third-order valence-electron chi connectivity index (χ3n) is 1.52. The van der Waals surface area contributed by atoms with Crippen LogP contribution in [0.3, 0.4) is 0 Å². The highest BCUT2D eigenvalue weighted by Crippen LogP contribution is 2.57. The molecule has 0 bridgehead atoms. The lowest BCUT2D eigenvalue weighted by atomic mass is 10.3. The quantitative estimate of drug-likeness (QED) is 0.513. The third kappa shape index (κ3) is 1.83. The van der Waals surface area contributed by atoms with Gasteiger partial charge in [0.2, 0.25) is 7.07 Å². The van der Waals surface area contributed by atoms with Crippen molar-refractivity contribution in [3.05, 3.63) is 0 Å². The molecule has 1 aliphatic rings. The Kier molecular flexibility index (Phi) is 2.95. The van der Waals surface area contributed by atoms with Gasteiger partial charge in [0.05, 0.1) is 13.2 Å². The molecule has 1 aliphatic heterocycles. The second-order valence-corrected chi connectivity index (χ2v) is 5.53. The molecule has 1 N–H and O–H groups in total. The summed E-state index contributed by atoms with van der Waals surface area (Å²) >= 11 is 5.07. The van der Waals surface area contributed by atoms with Gasteiger partial charge in [-0.1, -0.05) is 6.92 Å². The van der Waals surface area contributed by atoms with Gasteiger partial charge in [-0.3, -0.25) is 0 Å². The first kappa shape index (κ1) is 8.75. The predicted octanol–water partition coefficient (Wildman–Crippen LogP) is 1.26. The van der Waals surface area contributed by atoms with Gasteiger partial charge in [-0.2, -0.15) is 5.09 Å². The zero-order valence-electron chi connectivity index (χ0n) is 6.16. The number of hydrogen-bond donors (Lipinski definition) is 1. The van der Waals surface area contributed by atoms with Gasteiger partial charge in [-0.15, -0.1) is 0 Å². The molecule has 0 radical (unpaired) electrons. The Balaban J connectivity index is 2.41. The van der Waals surface area contributed by atoms with Crippen LogP contribution in [0.25, 0.3) is 0 Å². The minimum absolute atomic E-state index is 0.394. The third-order valence-corrected chi connectivity index (χ3v) is 4.25. The molecule has 0 aromatic carbocycles. The second-order valence-electron chi connectivity index (χ2n) is 2.21. The van der Waals surface area contributed by atoms with Gasteiger partial charge in [0.25, 0.3) is 0 Å². The summed E-state index contributed by atoms with van der Waals surface area (Å²) in [6, 6.07) is 0.394. The molecule has 0 saturated carbocycles. The van der Waals surface area contributed by atoms with Crippen molar-refractivity contribution in [2.24, 2.45) is 0 Å². The van der Waals surface area contributed by atoms with Crippen LogP contribution in [0.2, 0.25) is 0 Å². The first-order valence-electron chi connectivity index (χ1n) is 3.28. The second kappa shape index (κ2) is 3.37. The fourth-order valence-corrected chi connectivity index (χ4v) is 2.80. The van der Waals surface area contributed by atoms with Gasteiger partial charge in [0.1, 0.15) is 6.61 Å². The first-order chi connectivity index (χ1) is 4.70. The molecule has 60 valence electrons. The van der Waals surface area contributed by atoms with Crippen LogP contribution in [-0.2, 0) is 21.3 Å². The first-order valence-corrected chi connectivity index (χ1v) is 5.92. The monoisotopic (exact) mass is 181 g/mol. The van der Waals surface area contributed by atoms with Gasteiger partial charge >= 0.3 is 0 Å². The standard InChI is InChI=1S/C5H12NO2PS/c1-3-5-4-8-9(10,6-5)7-2/h5H,3-4H2,1-2H3,(H,6,10)/t5-,9?/m0/s1. The summed E-state index contributed by atoms with van der Waals surface area (Å²) in [6.07, 6.45) is 1.04. The van der Waals surface area contributed by atoms with Crippen molar-refractivity contribution in [2.45, 2.75) is 19.4 Å². The minimum Gasteiger partial charge on any atom is -0.472 e. The molecule has 10 heavy (non-hydrogen) atoms. The SMILES string of the molecule is CC[C@H]1CO[P+]([S-])(OC)N1. The lowest BCUT2D eigenvalue weighted by molar-refractivity contribution is 0.301. The zero-order chi connectivity index (χ0) is 7.61. The number of rotatable bonds is 2. The van der Waals surface area contributed by atoms with Crippen molar-refractivity contribution in [1.82, 2.24) is 5.09 Å². The van der Waals surface area contributed by atoms with E-state index in [4.69, 9.17) is 21.3 Å². The van der Waals surface area contributed by atoms with E-state index in [1.807, 2.05) is 0 Å². The van der Waals surface area contributed by atoms with Crippen molar-refractivity contribution < 1.29 is 9.05 Å². The van der Waals surface area contributed by atoms with E-state index in [9.17, 15) is 0 Å². The summed E-state index contributed by atoms with van der Waals surface area (Å²) in [5.41, 5.74) is 0. The highest BCUT2D eigenvalue weighted by molar-refractivity contribution is 8.37. The Bertz CT molecular complexity index is 126. The van der Waals surface area contributed by atoms with E-state index in [2.05, 4.69) is 12.0 Å². The molecule has 2 atom stereocenters. The van der Waals surface area contributed by atoms with Gasteiger partial charge in [-0.25, -0.2) is 9.05 Å². The van der Waals surface area contributed by atoms with Gasteiger partial charge in [0, 0.05) is 0 Å². The van der Waals surface area contributed by atoms with Crippen molar-refractivity contribution in [3.8, 4) is 0 Å². The predicted molar refractivity (Wildman–Crippen MR) is 44.5 cm³/mol. The smallest absolute Gasteiger partial charge is 0.228 e. The molecule has 1 fully saturated rings. The summed E-state index contributed by atoms with van der Waals surface area (Å²) in [6.45, 7) is 2.79. The highest BCUT2D eigenvalue weighted by atomic mass is 32.7. The Morgan fingerprint density at radius 3 is 2.90 bits per heavy atom. The van der Waals surface area contributed by atoms with Crippen LogP contribution >= 0.6 is 7.07 Å². The van der Waals surface area contributed by atoms with E-state index >= 15 is 0 Å². The molecule has 1 saturated heterocycles. The van der Waals surface area contributed by atoms with E-state index in [0.29, 0.717) is 12.6 Å². The Morgan fingerprint density at radius 1 is 1.90 bits per heavy atom. The molecule has 1 rings (SSSR count). The van der Waals surface area contributed by atoms with Crippen LogP contribution in [0.1, 0.15) is 13.3 Å². The summed E-state index contributed by atoms with van der Waals surface area (Å²) in [5, 5.41) is 3.15. The van der Waals surface area contributed by atoms with Crippen molar-refractivity contribution in [2.75, 3.05) is 13.7 Å². The highest BCUT2D eigenvalue weighted by Gasteiger charge is 2.36. The van der Waals surface area contributed by atoms with Crippen molar-refractivity contribution >= 4 is 19.3 Å². The molecule has 5 heteroatoms. The largest absolute Gasteiger partial charge is 0.472 e. The fraction of sp³-hybridized carbons (Fsp3) is 1.00. The Labute approximate surface area is 67.2 Å². The molecule has 0 aromatic heterocycles. The number of hydrogen-bond acceptors (Lipinski definition) is 4. The van der Waals surface area contributed by atoms with E-state index in [1.165, 1.54) is 0 Å². The molecule has 0 aromatic rings. The Morgan fingerprint density at radius 2 is 2.60 bits per heavy atom. The van der Waals surface area contributed by atoms with Crippen LogP contribution in [0.4, 0.5) is 0 Å². The van der Waals surface area contributed by atoms with Gasteiger partial charge in [-0.05, 0) is 6.42 Å². The normalized spacial score (nSPS) is 40.5. The van der Waals surface area contributed by atoms with Crippen molar-refractivity contribution in [1.29, 1.82) is 0 Å². The lowest BCUT2D eigenvalue weighted by Crippen LogP contribution is -2.21. The minimum atomic E-state index is -2.04. The summed E-state index contributed by atoms with van der Waals surface area (Å²) in [7, 11) is -0.451. The Hall–Kier alpha value is 0.660. The maximum atomic E-state index is 5.29. The van der Waals surface area contributed by atoms with E-state index in [-0.39, 0.29) is 0 Å². The molecule has 3 nitrogen and oxygen atoms in total. The summed E-state index contributed by atoms with van der Waals surface area (Å²) in [5.74, 6) is 0. The topological polar surface area (TPSA) is 30.5 Å². The fourth-order valence-electron chi connectivity index (χ4n) is 0.801. The number of nitrogens with one attached hydrogen (secondary N) is 1. The van der Waals surface area contributed by atoms with Crippen LogP contribution in [-0.4, -0.2) is 19.8 Å². The molecule has 0 amide bonds. The van der Waals surface area contributed by atoms with Crippen LogP contribution in [0, 0.1) is 0 Å².